The zero-order valence-electron chi connectivity index (χ0n) is 11.7. The van der Waals surface area contributed by atoms with E-state index in [1.54, 1.807) is 16.7 Å². The van der Waals surface area contributed by atoms with Gasteiger partial charge in [0.1, 0.15) is 10.7 Å². The van der Waals surface area contributed by atoms with Crippen LogP contribution in [0.15, 0.2) is 22.9 Å². The van der Waals surface area contributed by atoms with E-state index in [4.69, 9.17) is 5.73 Å². The maximum absolute atomic E-state index is 12.3. The number of rotatable bonds is 6. The number of nitrogens with two attached hydrogens (primary N) is 1. The number of aromatic nitrogens is 1. The van der Waals surface area contributed by atoms with Crippen molar-refractivity contribution in [2.45, 2.75) is 32.2 Å². The Morgan fingerprint density at radius 3 is 2.70 bits per heavy atom. The van der Waals surface area contributed by atoms with Crippen molar-refractivity contribution in [3.8, 4) is 9.88 Å². The molecule has 2 heterocycles. The maximum Gasteiger partial charge on any atom is 0.271 e. The van der Waals surface area contributed by atoms with Crippen LogP contribution in [0.2, 0.25) is 0 Å². The molecular weight excluding hydrogens is 290 g/mol. The molecule has 2 rings (SSSR count). The van der Waals surface area contributed by atoms with Crippen molar-refractivity contribution in [2.24, 2.45) is 5.73 Å². The second-order valence-electron chi connectivity index (χ2n) is 4.66. The zero-order valence-corrected chi connectivity index (χ0v) is 13.3. The number of thiazole rings is 1. The lowest BCUT2D eigenvalue weighted by Crippen LogP contribution is -2.52. The smallest absolute Gasteiger partial charge is 0.271 e. The van der Waals surface area contributed by atoms with Crippen LogP contribution < -0.4 is 11.1 Å². The average molecular weight is 309 g/mol. The molecule has 0 radical (unpaired) electrons. The van der Waals surface area contributed by atoms with E-state index in [9.17, 15) is 4.79 Å². The number of hydrogen-bond donors (Lipinski definition) is 2. The van der Waals surface area contributed by atoms with E-state index in [1.807, 2.05) is 31.4 Å². The lowest BCUT2D eigenvalue weighted by Gasteiger charge is -2.31. The van der Waals surface area contributed by atoms with Gasteiger partial charge in [-0.05, 0) is 24.3 Å². The molecule has 0 saturated heterocycles. The molecular formula is C14H19N3OS2. The molecule has 0 aromatic carbocycles. The second-order valence-corrected chi connectivity index (χ2v) is 6.47. The Morgan fingerprint density at radius 2 is 2.15 bits per heavy atom. The van der Waals surface area contributed by atoms with Gasteiger partial charge in [-0.2, -0.15) is 0 Å². The number of carbonyl (C=O) groups is 1. The summed E-state index contributed by atoms with van der Waals surface area (Å²) in [6.45, 7) is 4.51. The molecule has 0 atom stereocenters. The topological polar surface area (TPSA) is 68.0 Å². The molecule has 0 unspecified atom stereocenters. The van der Waals surface area contributed by atoms with Crippen molar-refractivity contribution in [3.05, 3.63) is 28.6 Å². The van der Waals surface area contributed by atoms with Crippen LogP contribution >= 0.6 is 22.7 Å². The lowest BCUT2D eigenvalue weighted by molar-refractivity contribution is 0.0891. The Morgan fingerprint density at radius 1 is 1.40 bits per heavy atom. The SMILES string of the molecule is CCC(CC)(CN)NC(=O)c1csc(-c2cccs2)n1. The summed E-state index contributed by atoms with van der Waals surface area (Å²) in [7, 11) is 0. The molecule has 0 fully saturated rings. The van der Waals surface area contributed by atoms with E-state index >= 15 is 0 Å². The van der Waals surface area contributed by atoms with Crippen LogP contribution in [-0.4, -0.2) is 23.0 Å². The average Bonchev–Trinajstić information content (AvgIpc) is 3.14. The Hall–Kier alpha value is -1.24. The van der Waals surface area contributed by atoms with Crippen LogP contribution in [0.5, 0.6) is 0 Å². The Labute approximate surface area is 127 Å². The predicted octanol–water partition coefficient (Wildman–Crippen LogP) is 3.12. The molecule has 108 valence electrons. The van der Waals surface area contributed by atoms with Gasteiger partial charge in [0.25, 0.3) is 5.91 Å². The maximum atomic E-state index is 12.3. The lowest BCUT2D eigenvalue weighted by atomic mass is 9.93. The summed E-state index contributed by atoms with van der Waals surface area (Å²) in [4.78, 5) is 17.8. The Kier molecular flexibility index (Phi) is 4.91. The summed E-state index contributed by atoms with van der Waals surface area (Å²) in [6, 6.07) is 3.99. The molecule has 0 bridgehead atoms. The van der Waals surface area contributed by atoms with Crippen LogP contribution in [-0.2, 0) is 0 Å². The van der Waals surface area contributed by atoms with Gasteiger partial charge < -0.3 is 11.1 Å². The van der Waals surface area contributed by atoms with Gasteiger partial charge in [0, 0.05) is 11.9 Å². The van der Waals surface area contributed by atoms with Crippen LogP contribution in [0, 0.1) is 0 Å². The molecule has 2 aromatic rings. The summed E-state index contributed by atoms with van der Waals surface area (Å²) >= 11 is 3.12. The summed E-state index contributed by atoms with van der Waals surface area (Å²) in [5.41, 5.74) is 5.95. The molecule has 20 heavy (non-hydrogen) atoms. The number of nitrogens with one attached hydrogen (secondary N) is 1. The van der Waals surface area contributed by atoms with Crippen LogP contribution in [0.25, 0.3) is 9.88 Å². The number of hydrogen-bond acceptors (Lipinski definition) is 5. The van der Waals surface area contributed by atoms with E-state index in [2.05, 4.69) is 10.3 Å². The highest BCUT2D eigenvalue weighted by molar-refractivity contribution is 7.20. The first-order valence-electron chi connectivity index (χ1n) is 6.66. The largest absolute Gasteiger partial charge is 0.344 e. The van der Waals surface area contributed by atoms with Crippen molar-refractivity contribution >= 4 is 28.6 Å². The minimum atomic E-state index is -0.330. The van der Waals surface area contributed by atoms with Gasteiger partial charge in [0.15, 0.2) is 0 Å². The second kappa shape index (κ2) is 6.47. The third kappa shape index (κ3) is 3.08. The normalized spacial score (nSPS) is 11.6. The molecule has 3 N–H and O–H groups in total. The molecule has 6 heteroatoms. The highest BCUT2D eigenvalue weighted by Gasteiger charge is 2.27. The van der Waals surface area contributed by atoms with Crippen LogP contribution in [0.1, 0.15) is 37.2 Å². The number of thiophene rings is 1. The monoisotopic (exact) mass is 309 g/mol. The van der Waals surface area contributed by atoms with Crippen molar-refractivity contribution in [3.63, 3.8) is 0 Å². The molecule has 0 aliphatic heterocycles. The number of amides is 1. The van der Waals surface area contributed by atoms with Gasteiger partial charge in [-0.3, -0.25) is 4.79 Å². The molecule has 4 nitrogen and oxygen atoms in total. The fraction of sp³-hybridized carbons (Fsp3) is 0.429. The standard InChI is InChI=1S/C14H19N3OS2/c1-3-14(4-2,9-15)17-12(18)10-8-20-13(16-10)11-6-5-7-19-11/h5-8H,3-4,9,15H2,1-2H3,(H,17,18). The summed E-state index contributed by atoms with van der Waals surface area (Å²) < 4.78 is 0. The quantitative estimate of drug-likeness (QED) is 0.861. The van der Waals surface area contributed by atoms with Gasteiger partial charge in [0.05, 0.1) is 10.4 Å². The van der Waals surface area contributed by atoms with Crippen LogP contribution in [0.4, 0.5) is 0 Å². The van der Waals surface area contributed by atoms with E-state index in [0.717, 1.165) is 22.7 Å². The Bertz CT molecular complexity index is 550. The van der Waals surface area contributed by atoms with Crippen molar-refractivity contribution in [2.75, 3.05) is 6.54 Å². The van der Waals surface area contributed by atoms with E-state index in [0.29, 0.717) is 12.2 Å². The molecule has 0 aliphatic carbocycles. The van der Waals surface area contributed by atoms with Gasteiger partial charge in [-0.15, -0.1) is 22.7 Å². The summed E-state index contributed by atoms with van der Waals surface area (Å²) in [5, 5.41) is 7.73. The van der Waals surface area contributed by atoms with Crippen molar-refractivity contribution in [1.29, 1.82) is 0 Å². The molecule has 2 aromatic heterocycles. The van der Waals surface area contributed by atoms with Gasteiger partial charge >= 0.3 is 0 Å². The fourth-order valence-electron chi connectivity index (χ4n) is 1.96. The van der Waals surface area contributed by atoms with Gasteiger partial charge in [-0.25, -0.2) is 4.98 Å². The minimum Gasteiger partial charge on any atom is -0.344 e. The van der Waals surface area contributed by atoms with E-state index in [-0.39, 0.29) is 11.4 Å². The van der Waals surface area contributed by atoms with Crippen molar-refractivity contribution < 1.29 is 4.79 Å². The van der Waals surface area contributed by atoms with Gasteiger partial charge in [-0.1, -0.05) is 19.9 Å². The first-order chi connectivity index (χ1) is 9.64. The minimum absolute atomic E-state index is 0.141. The number of nitrogens with zero attached hydrogens (tertiary/aromatic N) is 1. The highest BCUT2D eigenvalue weighted by atomic mass is 32.1. The van der Waals surface area contributed by atoms with Gasteiger partial charge in [0.2, 0.25) is 0 Å². The third-order valence-electron chi connectivity index (χ3n) is 3.59. The Balaban J connectivity index is 2.14. The first-order valence-corrected chi connectivity index (χ1v) is 8.42. The van der Waals surface area contributed by atoms with E-state index in [1.165, 1.54) is 11.3 Å². The van der Waals surface area contributed by atoms with Crippen LogP contribution in [0.3, 0.4) is 0 Å². The molecule has 1 amide bonds. The fourth-order valence-corrected chi connectivity index (χ4v) is 3.58. The number of carbonyl (C=O) groups excluding carboxylic acids is 1. The predicted molar refractivity (Wildman–Crippen MR) is 85.3 cm³/mol. The molecule has 0 spiro atoms. The summed E-state index contributed by atoms with van der Waals surface area (Å²) in [6.07, 6.45) is 1.63. The summed E-state index contributed by atoms with van der Waals surface area (Å²) in [5.74, 6) is -0.141. The van der Waals surface area contributed by atoms with E-state index < -0.39 is 0 Å². The highest BCUT2D eigenvalue weighted by Crippen LogP contribution is 2.28. The first kappa shape index (κ1) is 15.2. The zero-order chi connectivity index (χ0) is 14.6. The van der Waals surface area contributed by atoms with Crippen molar-refractivity contribution in [1.82, 2.24) is 10.3 Å². The molecule has 0 aliphatic rings. The third-order valence-corrected chi connectivity index (χ3v) is 5.47. The molecule has 0 saturated carbocycles.